The normalized spacial score (nSPS) is 23.7. The van der Waals surface area contributed by atoms with Gasteiger partial charge >= 0.3 is 0 Å². The standard InChI is InChI=1S/C26H32N4O3/c1-5-22(31)29-10-11-33-26(15-29)14-20(26)24-23(28-21-12-16(2)8-9-30(21)24)19-7-6-18(13-17(19)3)25(32)27-4/h6-9,12-13,20,22,31H,5,10-11,14-15H2,1-4H3,(H,27,32)/t20-,22?,26?/m1/s1. The molecule has 1 amide bonds. The third kappa shape index (κ3) is 3.74. The van der Waals surface area contributed by atoms with E-state index in [1.807, 2.05) is 32.0 Å². The van der Waals surface area contributed by atoms with E-state index in [9.17, 15) is 9.90 Å². The van der Waals surface area contributed by atoms with Crippen molar-refractivity contribution in [3.05, 3.63) is 58.9 Å². The fourth-order valence-corrected chi connectivity index (χ4v) is 5.23. The number of amides is 1. The Labute approximate surface area is 194 Å². The summed E-state index contributed by atoms with van der Waals surface area (Å²) in [4.78, 5) is 19.3. The second-order valence-electron chi connectivity index (χ2n) is 9.42. The van der Waals surface area contributed by atoms with Gasteiger partial charge < -0.3 is 19.6 Å². The summed E-state index contributed by atoms with van der Waals surface area (Å²) in [5.74, 6) is 0.0944. The molecule has 2 unspecified atom stereocenters. The molecule has 3 atom stereocenters. The van der Waals surface area contributed by atoms with E-state index in [2.05, 4.69) is 39.9 Å². The molecule has 0 bridgehead atoms. The Morgan fingerprint density at radius 2 is 2.15 bits per heavy atom. The topological polar surface area (TPSA) is 79.1 Å². The predicted molar refractivity (Wildman–Crippen MR) is 127 cm³/mol. The third-order valence-corrected chi connectivity index (χ3v) is 7.17. The number of ether oxygens (including phenoxy) is 1. The highest BCUT2D eigenvalue weighted by atomic mass is 16.5. The average Bonchev–Trinajstić information content (AvgIpc) is 3.35. The fraction of sp³-hybridized carbons (Fsp3) is 0.462. The maximum absolute atomic E-state index is 12.1. The Morgan fingerprint density at radius 1 is 1.33 bits per heavy atom. The van der Waals surface area contributed by atoms with Crippen molar-refractivity contribution in [3.8, 4) is 11.3 Å². The molecular formula is C26H32N4O3. The number of aliphatic hydroxyl groups is 1. The van der Waals surface area contributed by atoms with Crippen molar-refractivity contribution in [2.24, 2.45) is 0 Å². The Balaban J connectivity index is 1.59. The first kappa shape index (κ1) is 22.1. The van der Waals surface area contributed by atoms with E-state index in [-0.39, 0.29) is 17.4 Å². The SMILES string of the molecule is CCC(O)N1CCOC2(C[C@@H]2c2c(-c3ccc(C(=O)NC)cc3C)nc3cc(C)ccn23)C1. The molecule has 3 aromatic rings. The van der Waals surface area contributed by atoms with Gasteiger partial charge in [-0.15, -0.1) is 0 Å². The highest BCUT2D eigenvalue weighted by Gasteiger charge is 2.60. The number of hydrogen-bond acceptors (Lipinski definition) is 5. The van der Waals surface area contributed by atoms with Gasteiger partial charge in [0.15, 0.2) is 0 Å². The number of aryl methyl sites for hydroxylation is 2. The van der Waals surface area contributed by atoms with Gasteiger partial charge in [0.2, 0.25) is 0 Å². The van der Waals surface area contributed by atoms with Crippen molar-refractivity contribution >= 4 is 11.6 Å². The number of hydrogen-bond donors (Lipinski definition) is 2. The number of benzene rings is 1. The molecule has 1 aliphatic heterocycles. The molecule has 7 nitrogen and oxygen atoms in total. The molecular weight excluding hydrogens is 416 g/mol. The number of carbonyl (C=O) groups excluding carboxylic acids is 1. The molecule has 174 valence electrons. The largest absolute Gasteiger partial charge is 0.378 e. The molecule has 2 fully saturated rings. The molecule has 1 aliphatic carbocycles. The van der Waals surface area contributed by atoms with E-state index in [0.717, 1.165) is 53.2 Å². The molecule has 2 aromatic heterocycles. The Bertz CT molecular complexity index is 1220. The summed E-state index contributed by atoms with van der Waals surface area (Å²) in [5, 5.41) is 13.1. The summed E-state index contributed by atoms with van der Waals surface area (Å²) in [5.41, 5.74) is 6.56. The quantitative estimate of drug-likeness (QED) is 0.626. The summed E-state index contributed by atoms with van der Waals surface area (Å²) in [6.45, 7) is 8.21. The molecule has 7 heteroatoms. The van der Waals surface area contributed by atoms with Crippen molar-refractivity contribution in [1.82, 2.24) is 19.6 Å². The van der Waals surface area contributed by atoms with E-state index in [1.165, 1.54) is 0 Å². The van der Waals surface area contributed by atoms with Crippen molar-refractivity contribution in [1.29, 1.82) is 0 Å². The lowest BCUT2D eigenvalue weighted by Crippen LogP contribution is -2.49. The number of nitrogens with zero attached hydrogens (tertiary/aromatic N) is 3. The van der Waals surface area contributed by atoms with Crippen LogP contribution < -0.4 is 5.32 Å². The van der Waals surface area contributed by atoms with E-state index in [1.54, 1.807) is 7.05 Å². The minimum atomic E-state index is -0.434. The molecule has 33 heavy (non-hydrogen) atoms. The minimum Gasteiger partial charge on any atom is -0.378 e. The van der Waals surface area contributed by atoms with E-state index < -0.39 is 6.23 Å². The molecule has 1 saturated heterocycles. The summed E-state index contributed by atoms with van der Waals surface area (Å²) in [7, 11) is 1.64. The van der Waals surface area contributed by atoms with Crippen LogP contribution >= 0.6 is 0 Å². The van der Waals surface area contributed by atoms with Gasteiger partial charge in [-0.05, 0) is 62.1 Å². The number of aromatic nitrogens is 2. The van der Waals surface area contributed by atoms with E-state index in [0.29, 0.717) is 18.6 Å². The van der Waals surface area contributed by atoms with Crippen LogP contribution in [-0.2, 0) is 4.74 Å². The number of carbonyl (C=O) groups is 1. The van der Waals surface area contributed by atoms with Crippen LogP contribution in [0.15, 0.2) is 36.5 Å². The molecule has 1 spiro atoms. The number of pyridine rings is 1. The van der Waals surface area contributed by atoms with Gasteiger partial charge in [0, 0.05) is 43.4 Å². The number of fused-ring (bicyclic) bond motifs is 1. The van der Waals surface area contributed by atoms with Crippen LogP contribution in [0.25, 0.3) is 16.9 Å². The van der Waals surface area contributed by atoms with Crippen molar-refractivity contribution in [3.63, 3.8) is 0 Å². The molecule has 1 aromatic carbocycles. The highest BCUT2D eigenvalue weighted by Crippen LogP contribution is 2.57. The van der Waals surface area contributed by atoms with Crippen LogP contribution in [0, 0.1) is 13.8 Å². The molecule has 3 heterocycles. The van der Waals surface area contributed by atoms with Crippen molar-refractivity contribution in [2.45, 2.75) is 51.4 Å². The van der Waals surface area contributed by atoms with Crippen LogP contribution in [0.2, 0.25) is 0 Å². The first-order valence-corrected chi connectivity index (χ1v) is 11.7. The number of nitrogens with one attached hydrogen (secondary N) is 1. The number of imidazole rings is 1. The zero-order valence-corrected chi connectivity index (χ0v) is 19.8. The second kappa shape index (κ2) is 8.24. The summed E-state index contributed by atoms with van der Waals surface area (Å²) in [6, 6.07) is 9.99. The molecule has 1 saturated carbocycles. The third-order valence-electron chi connectivity index (χ3n) is 7.17. The summed E-state index contributed by atoms with van der Waals surface area (Å²) >= 11 is 0. The number of aliphatic hydroxyl groups excluding tert-OH is 1. The van der Waals surface area contributed by atoms with Gasteiger partial charge in [-0.1, -0.05) is 13.0 Å². The van der Waals surface area contributed by atoms with Gasteiger partial charge in [-0.3, -0.25) is 9.69 Å². The van der Waals surface area contributed by atoms with E-state index in [4.69, 9.17) is 9.72 Å². The lowest BCUT2D eigenvalue weighted by atomic mass is 9.99. The van der Waals surface area contributed by atoms with Crippen LogP contribution in [0.4, 0.5) is 0 Å². The molecule has 0 radical (unpaired) electrons. The molecule has 2 N–H and O–H groups in total. The zero-order chi connectivity index (χ0) is 23.3. The van der Waals surface area contributed by atoms with Crippen LogP contribution in [-0.4, -0.2) is 63.9 Å². The van der Waals surface area contributed by atoms with Crippen LogP contribution in [0.5, 0.6) is 0 Å². The van der Waals surface area contributed by atoms with Gasteiger partial charge in [0.05, 0.1) is 23.6 Å². The smallest absolute Gasteiger partial charge is 0.251 e. The maximum Gasteiger partial charge on any atom is 0.251 e. The lowest BCUT2D eigenvalue weighted by molar-refractivity contribution is -0.108. The average molecular weight is 449 g/mol. The van der Waals surface area contributed by atoms with Gasteiger partial charge in [-0.25, -0.2) is 4.98 Å². The fourth-order valence-electron chi connectivity index (χ4n) is 5.23. The second-order valence-corrected chi connectivity index (χ2v) is 9.42. The summed E-state index contributed by atoms with van der Waals surface area (Å²) < 4.78 is 8.54. The minimum absolute atomic E-state index is 0.0955. The van der Waals surface area contributed by atoms with Crippen LogP contribution in [0.3, 0.4) is 0 Å². The van der Waals surface area contributed by atoms with Gasteiger partial charge in [0.1, 0.15) is 11.9 Å². The van der Waals surface area contributed by atoms with E-state index >= 15 is 0 Å². The Hall–Kier alpha value is -2.74. The molecule has 2 aliphatic rings. The highest BCUT2D eigenvalue weighted by molar-refractivity contribution is 5.95. The maximum atomic E-state index is 12.1. The Kier molecular flexibility index (Phi) is 5.51. The number of rotatable bonds is 5. The van der Waals surface area contributed by atoms with Crippen molar-refractivity contribution < 1.29 is 14.6 Å². The van der Waals surface area contributed by atoms with Crippen LogP contribution in [0.1, 0.15) is 52.9 Å². The number of morpholine rings is 1. The summed E-state index contributed by atoms with van der Waals surface area (Å²) in [6.07, 6.45) is 3.27. The van der Waals surface area contributed by atoms with Gasteiger partial charge in [-0.2, -0.15) is 0 Å². The first-order chi connectivity index (χ1) is 15.9. The van der Waals surface area contributed by atoms with Gasteiger partial charge in [0.25, 0.3) is 5.91 Å². The first-order valence-electron chi connectivity index (χ1n) is 11.7. The predicted octanol–water partition coefficient (Wildman–Crippen LogP) is 3.26. The Morgan fingerprint density at radius 3 is 2.88 bits per heavy atom. The monoisotopic (exact) mass is 448 g/mol. The van der Waals surface area contributed by atoms with Crippen molar-refractivity contribution in [2.75, 3.05) is 26.7 Å². The molecule has 5 rings (SSSR count). The zero-order valence-electron chi connectivity index (χ0n) is 19.8. The lowest BCUT2D eigenvalue weighted by Gasteiger charge is -2.36.